The molecular formula is C8H15N. The Balaban J connectivity index is 2.72. The van der Waals surface area contributed by atoms with Crippen molar-refractivity contribution in [1.29, 1.82) is 0 Å². The summed E-state index contributed by atoms with van der Waals surface area (Å²) in [4.78, 5) is 0. The van der Waals surface area contributed by atoms with E-state index in [-0.39, 0.29) is 0 Å². The van der Waals surface area contributed by atoms with Crippen LogP contribution in [0.3, 0.4) is 0 Å². The fraction of sp³-hybridized carbons (Fsp3) is 0.750. The van der Waals surface area contributed by atoms with Crippen molar-refractivity contribution in [2.75, 3.05) is 0 Å². The van der Waals surface area contributed by atoms with E-state index >= 15 is 0 Å². The molecule has 1 atom stereocenters. The lowest BCUT2D eigenvalue weighted by molar-refractivity contribution is 0.594. The minimum absolute atomic E-state index is 0.360. The average molecular weight is 125 g/mol. The largest absolute Gasteiger partial charge is 0.324 e. The van der Waals surface area contributed by atoms with Crippen LogP contribution in [0.1, 0.15) is 33.1 Å². The summed E-state index contributed by atoms with van der Waals surface area (Å²) in [5.74, 6) is 0. The zero-order chi connectivity index (χ0) is 6.85. The van der Waals surface area contributed by atoms with Crippen LogP contribution in [0.15, 0.2) is 11.1 Å². The minimum Gasteiger partial charge on any atom is -0.324 e. The summed E-state index contributed by atoms with van der Waals surface area (Å²) >= 11 is 0. The maximum Gasteiger partial charge on any atom is 0.0253 e. The van der Waals surface area contributed by atoms with Gasteiger partial charge in [-0.25, -0.2) is 0 Å². The smallest absolute Gasteiger partial charge is 0.0253 e. The number of nitrogens with two attached hydrogens (primary N) is 1. The van der Waals surface area contributed by atoms with Gasteiger partial charge in [0.25, 0.3) is 0 Å². The van der Waals surface area contributed by atoms with Crippen molar-refractivity contribution < 1.29 is 0 Å². The van der Waals surface area contributed by atoms with E-state index in [0.29, 0.717) is 6.04 Å². The molecule has 0 fully saturated rings. The Hall–Kier alpha value is -0.300. The third-order valence-electron chi connectivity index (χ3n) is 2.30. The molecule has 0 aromatic heterocycles. The van der Waals surface area contributed by atoms with Gasteiger partial charge in [0.15, 0.2) is 0 Å². The van der Waals surface area contributed by atoms with E-state index in [0.717, 1.165) is 0 Å². The molecule has 0 aromatic carbocycles. The van der Waals surface area contributed by atoms with Crippen molar-refractivity contribution in [2.24, 2.45) is 5.73 Å². The van der Waals surface area contributed by atoms with Crippen molar-refractivity contribution in [3.63, 3.8) is 0 Å². The average Bonchev–Trinajstić information content (AvgIpc) is 1.83. The highest BCUT2D eigenvalue weighted by atomic mass is 14.6. The molecule has 0 radical (unpaired) electrons. The first-order chi connectivity index (χ1) is 4.22. The first kappa shape index (κ1) is 6.81. The molecule has 1 aliphatic rings. The van der Waals surface area contributed by atoms with Gasteiger partial charge in [0, 0.05) is 6.04 Å². The normalized spacial score (nSPS) is 29.0. The van der Waals surface area contributed by atoms with E-state index in [1.165, 1.54) is 30.4 Å². The molecule has 0 heterocycles. The van der Waals surface area contributed by atoms with E-state index in [2.05, 4.69) is 13.8 Å². The summed E-state index contributed by atoms with van der Waals surface area (Å²) in [7, 11) is 0. The fourth-order valence-electron chi connectivity index (χ4n) is 1.32. The summed E-state index contributed by atoms with van der Waals surface area (Å²) in [6, 6.07) is 0.360. The Bertz CT molecular complexity index is 136. The molecule has 1 heteroatoms. The molecule has 0 saturated heterocycles. The van der Waals surface area contributed by atoms with Gasteiger partial charge in [-0.15, -0.1) is 0 Å². The highest BCUT2D eigenvalue weighted by Crippen LogP contribution is 2.22. The van der Waals surface area contributed by atoms with E-state index in [4.69, 9.17) is 5.73 Å². The lowest BCUT2D eigenvalue weighted by Gasteiger charge is -2.20. The maximum absolute atomic E-state index is 5.81. The van der Waals surface area contributed by atoms with Crippen LogP contribution in [-0.2, 0) is 0 Å². The summed E-state index contributed by atoms with van der Waals surface area (Å²) in [5, 5.41) is 0. The molecule has 9 heavy (non-hydrogen) atoms. The second kappa shape index (κ2) is 2.53. The molecule has 0 aromatic rings. The van der Waals surface area contributed by atoms with Gasteiger partial charge in [0.2, 0.25) is 0 Å². The van der Waals surface area contributed by atoms with Crippen molar-refractivity contribution in [1.82, 2.24) is 0 Å². The minimum atomic E-state index is 0.360. The van der Waals surface area contributed by atoms with E-state index in [1.54, 1.807) is 0 Å². The Kier molecular flexibility index (Phi) is 1.91. The van der Waals surface area contributed by atoms with Gasteiger partial charge in [0.05, 0.1) is 0 Å². The molecule has 0 unspecified atom stereocenters. The van der Waals surface area contributed by atoms with Gasteiger partial charge < -0.3 is 5.73 Å². The molecule has 1 aliphatic carbocycles. The van der Waals surface area contributed by atoms with E-state index < -0.39 is 0 Å². The van der Waals surface area contributed by atoms with Crippen molar-refractivity contribution in [2.45, 2.75) is 39.2 Å². The second-order valence-electron chi connectivity index (χ2n) is 2.96. The van der Waals surface area contributed by atoms with Crippen LogP contribution >= 0.6 is 0 Å². The highest BCUT2D eigenvalue weighted by molar-refractivity contribution is 5.18. The SMILES string of the molecule is CC1=C(C)[C@H](N)CCC1. The lowest BCUT2D eigenvalue weighted by Crippen LogP contribution is -2.24. The summed E-state index contributed by atoms with van der Waals surface area (Å²) in [6.45, 7) is 4.34. The molecule has 0 saturated carbocycles. The lowest BCUT2D eigenvalue weighted by atomic mass is 9.90. The molecular weight excluding hydrogens is 110 g/mol. The number of hydrogen-bond donors (Lipinski definition) is 1. The number of hydrogen-bond acceptors (Lipinski definition) is 1. The van der Waals surface area contributed by atoms with Gasteiger partial charge in [0.1, 0.15) is 0 Å². The Morgan fingerprint density at radius 2 is 2.11 bits per heavy atom. The molecule has 52 valence electrons. The standard InChI is InChI=1S/C8H15N/c1-6-4-3-5-8(9)7(6)2/h8H,3-5,9H2,1-2H3/t8-/m1/s1. The van der Waals surface area contributed by atoms with E-state index in [9.17, 15) is 0 Å². The summed E-state index contributed by atoms with van der Waals surface area (Å²) in [6.07, 6.45) is 3.73. The zero-order valence-corrected chi connectivity index (χ0v) is 6.28. The Labute approximate surface area is 56.9 Å². The van der Waals surface area contributed by atoms with E-state index in [1.807, 2.05) is 0 Å². The molecule has 0 amide bonds. The van der Waals surface area contributed by atoms with Gasteiger partial charge in [-0.05, 0) is 33.1 Å². The highest BCUT2D eigenvalue weighted by Gasteiger charge is 2.12. The topological polar surface area (TPSA) is 26.0 Å². The third-order valence-corrected chi connectivity index (χ3v) is 2.30. The van der Waals surface area contributed by atoms with Crippen molar-refractivity contribution in [3.05, 3.63) is 11.1 Å². The van der Waals surface area contributed by atoms with Crippen LogP contribution in [0.2, 0.25) is 0 Å². The third kappa shape index (κ3) is 1.33. The van der Waals surface area contributed by atoms with Gasteiger partial charge >= 0.3 is 0 Å². The Morgan fingerprint density at radius 1 is 1.44 bits per heavy atom. The maximum atomic E-state index is 5.81. The van der Waals surface area contributed by atoms with Crippen LogP contribution < -0.4 is 5.73 Å². The molecule has 1 nitrogen and oxygen atoms in total. The van der Waals surface area contributed by atoms with Crippen LogP contribution in [0.5, 0.6) is 0 Å². The molecule has 2 N–H and O–H groups in total. The first-order valence-electron chi connectivity index (χ1n) is 3.63. The molecule has 0 aliphatic heterocycles. The molecule has 0 bridgehead atoms. The zero-order valence-electron chi connectivity index (χ0n) is 6.28. The number of allylic oxidation sites excluding steroid dienone is 1. The van der Waals surface area contributed by atoms with Crippen LogP contribution in [-0.4, -0.2) is 6.04 Å². The fourth-order valence-corrected chi connectivity index (χ4v) is 1.32. The van der Waals surface area contributed by atoms with Gasteiger partial charge in [-0.3, -0.25) is 0 Å². The second-order valence-corrected chi connectivity index (χ2v) is 2.96. The predicted octanol–water partition coefficient (Wildman–Crippen LogP) is 1.83. The van der Waals surface area contributed by atoms with Crippen LogP contribution in [0, 0.1) is 0 Å². The summed E-state index contributed by atoms with van der Waals surface area (Å²) < 4.78 is 0. The number of rotatable bonds is 0. The van der Waals surface area contributed by atoms with Crippen LogP contribution in [0.25, 0.3) is 0 Å². The van der Waals surface area contributed by atoms with Gasteiger partial charge in [-0.1, -0.05) is 11.1 Å². The van der Waals surface area contributed by atoms with Crippen molar-refractivity contribution in [3.8, 4) is 0 Å². The monoisotopic (exact) mass is 125 g/mol. The van der Waals surface area contributed by atoms with Crippen molar-refractivity contribution >= 4 is 0 Å². The van der Waals surface area contributed by atoms with Gasteiger partial charge in [-0.2, -0.15) is 0 Å². The summed E-state index contributed by atoms with van der Waals surface area (Å²) in [5.41, 5.74) is 8.74. The molecule has 1 rings (SSSR count). The first-order valence-corrected chi connectivity index (χ1v) is 3.63. The van der Waals surface area contributed by atoms with Crippen LogP contribution in [0.4, 0.5) is 0 Å². The predicted molar refractivity (Wildman–Crippen MR) is 40.2 cm³/mol. The Morgan fingerprint density at radius 3 is 2.56 bits per heavy atom. The quantitative estimate of drug-likeness (QED) is 0.491. The molecule has 0 spiro atoms.